The lowest BCUT2D eigenvalue weighted by atomic mass is 10.1. The average Bonchev–Trinajstić information content (AvgIpc) is 2.27. The molecule has 1 aromatic rings. The van der Waals surface area contributed by atoms with E-state index in [1.807, 2.05) is 0 Å². The van der Waals surface area contributed by atoms with E-state index in [1.54, 1.807) is 7.11 Å². The van der Waals surface area contributed by atoms with E-state index in [-0.39, 0.29) is 0 Å². The highest BCUT2D eigenvalue weighted by molar-refractivity contribution is 5.21. The number of rotatable bonds is 6. The van der Waals surface area contributed by atoms with Gasteiger partial charge in [-0.05, 0) is 19.0 Å². The molecule has 0 spiro atoms. The molecule has 0 saturated heterocycles. The molecular weight excluding hydrogens is 186 g/mol. The number of nitrogens with zero attached hydrogens (tertiary/aromatic N) is 1. The summed E-state index contributed by atoms with van der Waals surface area (Å²) in [5, 5.41) is 0. The van der Waals surface area contributed by atoms with Crippen molar-refractivity contribution < 1.29 is 4.74 Å². The van der Waals surface area contributed by atoms with Gasteiger partial charge in [0.25, 0.3) is 0 Å². The Morgan fingerprint density at radius 3 is 2.40 bits per heavy atom. The second-order valence-electron chi connectivity index (χ2n) is 3.85. The molecule has 0 aliphatic carbocycles. The van der Waals surface area contributed by atoms with Crippen molar-refractivity contribution in [2.24, 2.45) is 0 Å². The van der Waals surface area contributed by atoms with E-state index in [1.165, 1.54) is 11.1 Å². The van der Waals surface area contributed by atoms with Crippen LogP contribution in [0, 0.1) is 6.92 Å². The van der Waals surface area contributed by atoms with E-state index < -0.39 is 0 Å². The Morgan fingerprint density at radius 2 is 1.87 bits per heavy atom. The molecular formula is C13H21NO. The maximum atomic E-state index is 5.09. The van der Waals surface area contributed by atoms with Crippen molar-refractivity contribution in [1.29, 1.82) is 0 Å². The Bertz CT molecular complexity index is 268. The summed E-state index contributed by atoms with van der Waals surface area (Å²) in [6.07, 6.45) is 0. The molecule has 0 fully saturated rings. The van der Waals surface area contributed by atoms with Crippen LogP contribution in [0.3, 0.4) is 0 Å². The van der Waals surface area contributed by atoms with Gasteiger partial charge in [0, 0.05) is 20.2 Å². The second-order valence-corrected chi connectivity index (χ2v) is 3.85. The topological polar surface area (TPSA) is 12.5 Å². The first-order chi connectivity index (χ1) is 7.26. The van der Waals surface area contributed by atoms with Gasteiger partial charge in [-0.3, -0.25) is 4.90 Å². The summed E-state index contributed by atoms with van der Waals surface area (Å²) >= 11 is 0. The Labute approximate surface area is 92.9 Å². The van der Waals surface area contributed by atoms with E-state index in [2.05, 4.69) is 43.0 Å². The highest BCUT2D eigenvalue weighted by Crippen LogP contribution is 2.06. The van der Waals surface area contributed by atoms with Crippen LogP contribution in [0.4, 0.5) is 0 Å². The fourth-order valence-corrected chi connectivity index (χ4v) is 1.52. The van der Waals surface area contributed by atoms with Crippen LogP contribution in [0.1, 0.15) is 18.1 Å². The van der Waals surface area contributed by atoms with Gasteiger partial charge in [-0.15, -0.1) is 0 Å². The van der Waals surface area contributed by atoms with E-state index >= 15 is 0 Å². The molecule has 0 heterocycles. The normalized spacial score (nSPS) is 10.9. The lowest BCUT2D eigenvalue weighted by molar-refractivity contribution is 0.147. The van der Waals surface area contributed by atoms with Crippen LogP contribution in [0.2, 0.25) is 0 Å². The van der Waals surface area contributed by atoms with Gasteiger partial charge in [0.15, 0.2) is 0 Å². The summed E-state index contributed by atoms with van der Waals surface area (Å²) in [6.45, 7) is 8.19. The predicted molar refractivity (Wildman–Crippen MR) is 64.0 cm³/mol. The van der Waals surface area contributed by atoms with Crippen LogP contribution in [0.15, 0.2) is 24.3 Å². The minimum Gasteiger partial charge on any atom is -0.383 e. The van der Waals surface area contributed by atoms with Crippen LogP contribution in [0.25, 0.3) is 0 Å². The fraction of sp³-hybridized carbons (Fsp3) is 0.538. The zero-order chi connectivity index (χ0) is 11.1. The third kappa shape index (κ3) is 4.45. The summed E-state index contributed by atoms with van der Waals surface area (Å²) in [6, 6.07) is 8.73. The van der Waals surface area contributed by atoms with Crippen LogP contribution >= 0.6 is 0 Å². The van der Waals surface area contributed by atoms with Crippen LogP contribution in [0.5, 0.6) is 0 Å². The molecule has 0 bridgehead atoms. The molecule has 1 aromatic carbocycles. The van der Waals surface area contributed by atoms with Crippen LogP contribution in [-0.2, 0) is 11.3 Å². The summed E-state index contributed by atoms with van der Waals surface area (Å²) in [7, 11) is 1.75. The first-order valence-corrected chi connectivity index (χ1v) is 5.53. The van der Waals surface area contributed by atoms with Gasteiger partial charge in [-0.25, -0.2) is 0 Å². The zero-order valence-corrected chi connectivity index (χ0v) is 9.99. The smallest absolute Gasteiger partial charge is 0.0589 e. The van der Waals surface area contributed by atoms with Crippen LogP contribution < -0.4 is 0 Å². The lowest BCUT2D eigenvalue weighted by Crippen LogP contribution is -2.26. The SMILES string of the molecule is CCN(CCOC)Cc1ccc(C)cc1. The van der Waals surface area contributed by atoms with Crippen molar-refractivity contribution in [2.75, 3.05) is 26.8 Å². The molecule has 0 unspecified atom stereocenters. The standard InChI is InChI=1S/C13H21NO/c1-4-14(9-10-15-3)11-13-7-5-12(2)6-8-13/h5-8H,4,9-11H2,1-3H3. The molecule has 0 saturated carbocycles. The van der Waals surface area contributed by atoms with Crippen molar-refractivity contribution in [3.05, 3.63) is 35.4 Å². The molecule has 0 aliphatic heterocycles. The summed E-state index contributed by atoms with van der Waals surface area (Å²) in [4.78, 5) is 2.38. The molecule has 0 aromatic heterocycles. The summed E-state index contributed by atoms with van der Waals surface area (Å²) in [5.41, 5.74) is 2.69. The number of likely N-dealkylation sites (N-methyl/N-ethyl adjacent to an activating group) is 1. The monoisotopic (exact) mass is 207 g/mol. The maximum absolute atomic E-state index is 5.09. The van der Waals surface area contributed by atoms with Gasteiger partial charge in [0.2, 0.25) is 0 Å². The largest absolute Gasteiger partial charge is 0.383 e. The van der Waals surface area contributed by atoms with Gasteiger partial charge in [0.05, 0.1) is 6.61 Å². The molecule has 0 atom stereocenters. The van der Waals surface area contributed by atoms with Crippen molar-refractivity contribution in [1.82, 2.24) is 4.90 Å². The van der Waals surface area contributed by atoms with Crippen molar-refractivity contribution in [3.8, 4) is 0 Å². The summed E-state index contributed by atoms with van der Waals surface area (Å²) in [5.74, 6) is 0. The third-order valence-electron chi connectivity index (χ3n) is 2.59. The average molecular weight is 207 g/mol. The van der Waals surface area contributed by atoms with Crippen molar-refractivity contribution in [2.45, 2.75) is 20.4 Å². The lowest BCUT2D eigenvalue weighted by Gasteiger charge is -2.19. The quantitative estimate of drug-likeness (QED) is 0.710. The number of hydrogen-bond donors (Lipinski definition) is 0. The van der Waals surface area contributed by atoms with E-state index in [9.17, 15) is 0 Å². The van der Waals surface area contributed by atoms with Crippen molar-refractivity contribution in [3.63, 3.8) is 0 Å². The predicted octanol–water partition coefficient (Wildman–Crippen LogP) is 2.46. The number of aryl methyl sites for hydroxylation is 1. The Hall–Kier alpha value is -0.860. The Morgan fingerprint density at radius 1 is 1.20 bits per heavy atom. The minimum atomic E-state index is 0.805. The molecule has 0 radical (unpaired) electrons. The number of hydrogen-bond acceptors (Lipinski definition) is 2. The zero-order valence-electron chi connectivity index (χ0n) is 9.99. The molecule has 84 valence electrons. The van der Waals surface area contributed by atoms with Crippen LogP contribution in [-0.4, -0.2) is 31.7 Å². The molecule has 15 heavy (non-hydrogen) atoms. The Kier molecular flexibility index (Phi) is 5.37. The molecule has 1 rings (SSSR count). The molecule has 0 amide bonds. The van der Waals surface area contributed by atoms with E-state index in [0.717, 1.165) is 26.2 Å². The van der Waals surface area contributed by atoms with E-state index in [0.29, 0.717) is 0 Å². The Balaban J connectivity index is 2.47. The van der Waals surface area contributed by atoms with Crippen molar-refractivity contribution >= 4 is 0 Å². The number of ether oxygens (including phenoxy) is 1. The molecule has 0 aliphatic rings. The van der Waals surface area contributed by atoms with Gasteiger partial charge in [-0.2, -0.15) is 0 Å². The first-order valence-electron chi connectivity index (χ1n) is 5.53. The maximum Gasteiger partial charge on any atom is 0.0589 e. The van der Waals surface area contributed by atoms with Gasteiger partial charge >= 0.3 is 0 Å². The van der Waals surface area contributed by atoms with Gasteiger partial charge in [0.1, 0.15) is 0 Å². The molecule has 2 heteroatoms. The molecule has 2 nitrogen and oxygen atoms in total. The first kappa shape index (κ1) is 12.2. The highest BCUT2D eigenvalue weighted by atomic mass is 16.5. The molecule has 0 N–H and O–H groups in total. The fourth-order valence-electron chi connectivity index (χ4n) is 1.52. The highest BCUT2D eigenvalue weighted by Gasteiger charge is 2.02. The summed E-state index contributed by atoms with van der Waals surface area (Å²) < 4.78 is 5.09. The third-order valence-corrected chi connectivity index (χ3v) is 2.59. The number of methoxy groups -OCH3 is 1. The second kappa shape index (κ2) is 6.59. The minimum absolute atomic E-state index is 0.805. The number of benzene rings is 1. The van der Waals surface area contributed by atoms with Gasteiger partial charge in [-0.1, -0.05) is 36.8 Å². The van der Waals surface area contributed by atoms with Gasteiger partial charge < -0.3 is 4.74 Å². The van der Waals surface area contributed by atoms with E-state index in [4.69, 9.17) is 4.74 Å².